The van der Waals surface area contributed by atoms with Crippen LogP contribution in [0.5, 0.6) is 5.75 Å². The first-order valence-corrected chi connectivity index (χ1v) is 8.35. The third-order valence-electron chi connectivity index (χ3n) is 4.31. The lowest BCUT2D eigenvalue weighted by atomic mass is 10.0. The minimum absolute atomic E-state index is 0.0611. The van der Waals surface area contributed by atoms with Gasteiger partial charge in [-0.1, -0.05) is 19.1 Å². The van der Waals surface area contributed by atoms with E-state index in [0.717, 1.165) is 22.3 Å². The van der Waals surface area contributed by atoms with Crippen molar-refractivity contribution in [2.45, 2.75) is 40.2 Å². The summed E-state index contributed by atoms with van der Waals surface area (Å²) in [5.74, 6) is 0.151. The normalized spacial score (nSPS) is 10.7. The van der Waals surface area contributed by atoms with Gasteiger partial charge in [0, 0.05) is 5.56 Å². The number of amides is 1. The van der Waals surface area contributed by atoms with Crippen LogP contribution in [-0.4, -0.2) is 13.2 Å². The number of methoxy groups -OCH3 is 1. The number of nitrogens with one attached hydrogen (secondary N) is 1. The second kappa shape index (κ2) is 8.65. The molecule has 6 heteroatoms. The number of benzene rings is 2. The summed E-state index contributed by atoms with van der Waals surface area (Å²) >= 11 is 0. The van der Waals surface area contributed by atoms with Crippen molar-refractivity contribution in [1.29, 1.82) is 0 Å². The Balaban J connectivity index is 2.35. The zero-order valence-electron chi connectivity index (χ0n) is 15.4. The average molecular weight is 363 g/mol. The second-order valence-electron chi connectivity index (χ2n) is 5.98. The summed E-state index contributed by atoms with van der Waals surface area (Å²) in [6.45, 7) is 5.67. The first-order valence-electron chi connectivity index (χ1n) is 8.35. The molecule has 0 unspecified atom stereocenters. The molecule has 0 saturated carbocycles. The molecule has 1 N–H and O–H groups in total. The number of aryl methyl sites for hydroxylation is 3. The van der Waals surface area contributed by atoms with Crippen molar-refractivity contribution in [2.24, 2.45) is 0 Å². The van der Waals surface area contributed by atoms with Crippen molar-refractivity contribution < 1.29 is 23.0 Å². The zero-order valence-corrected chi connectivity index (χ0v) is 15.4. The fraction of sp³-hybridized carbons (Fsp3) is 0.350. The second-order valence-corrected chi connectivity index (χ2v) is 5.98. The maximum absolute atomic E-state index is 13.4. The molecule has 0 fully saturated rings. The molecule has 0 aliphatic rings. The monoisotopic (exact) mass is 363 g/mol. The van der Waals surface area contributed by atoms with Crippen molar-refractivity contribution in [3.05, 3.63) is 58.1 Å². The lowest BCUT2D eigenvalue weighted by molar-refractivity contribution is 0.144. The van der Waals surface area contributed by atoms with Crippen LogP contribution in [0.25, 0.3) is 0 Å². The van der Waals surface area contributed by atoms with Gasteiger partial charge >= 0.3 is 6.09 Å². The maximum Gasteiger partial charge on any atom is 0.411 e. The summed E-state index contributed by atoms with van der Waals surface area (Å²) in [6, 6.07) is 8.53. The minimum Gasteiger partial charge on any atom is -0.488 e. The summed E-state index contributed by atoms with van der Waals surface area (Å²) in [4.78, 5) is 11.6. The van der Waals surface area contributed by atoms with E-state index in [9.17, 15) is 13.6 Å². The van der Waals surface area contributed by atoms with E-state index in [1.165, 1.54) is 13.2 Å². The van der Waals surface area contributed by atoms with E-state index in [2.05, 4.69) is 10.1 Å². The first kappa shape index (κ1) is 19.7. The lowest BCUT2D eigenvalue weighted by Crippen LogP contribution is -2.14. The van der Waals surface area contributed by atoms with Crippen LogP contribution in [0.2, 0.25) is 0 Å². The van der Waals surface area contributed by atoms with E-state index < -0.39 is 12.5 Å². The van der Waals surface area contributed by atoms with Gasteiger partial charge in [-0.2, -0.15) is 0 Å². The summed E-state index contributed by atoms with van der Waals surface area (Å²) in [5.41, 5.74) is 3.76. The van der Waals surface area contributed by atoms with Crippen LogP contribution >= 0.6 is 0 Å². The van der Waals surface area contributed by atoms with Gasteiger partial charge in [-0.25, -0.2) is 13.6 Å². The first-order chi connectivity index (χ1) is 12.4. The van der Waals surface area contributed by atoms with Gasteiger partial charge < -0.3 is 9.47 Å². The number of alkyl halides is 2. The molecule has 26 heavy (non-hydrogen) atoms. The largest absolute Gasteiger partial charge is 0.488 e. The molecule has 0 aromatic heterocycles. The maximum atomic E-state index is 13.4. The third kappa shape index (κ3) is 4.50. The van der Waals surface area contributed by atoms with Crippen LogP contribution in [0, 0.1) is 13.8 Å². The van der Waals surface area contributed by atoms with Gasteiger partial charge in [0.2, 0.25) is 0 Å². The van der Waals surface area contributed by atoms with Crippen molar-refractivity contribution in [3.63, 3.8) is 0 Å². The SMILES string of the molecule is CCc1cccc(NC(=O)OC)c1COc1cc(C)c(C)cc1C(F)F. The number of ether oxygens (including phenoxy) is 2. The Morgan fingerprint density at radius 2 is 1.88 bits per heavy atom. The number of anilines is 1. The Hall–Kier alpha value is -2.63. The summed E-state index contributed by atoms with van der Waals surface area (Å²) in [5, 5.41) is 2.64. The molecule has 2 rings (SSSR count). The number of carbonyl (C=O) groups excluding carboxylic acids is 1. The molecule has 0 aliphatic heterocycles. The lowest BCUT2D eigenvalue weighted by Gasteiger charge is -2.18. The topological polar surface area (TPSA) is 47.6 Å². The standard InChI is InChI=1S/C20H23F2NO3/c1-5-14-7-6-8-17(23-20(24)25-4)16(14)11-26-18-10-13(3)12(2)9-15(18)19(21)22/h6-10,19H,5,11H2,1-4H3,(H,23,24). The highest BCUT2D eigenvalue weighted by molar-refractivity contribution is 5.85. The molecule has 2 aromatic rings. The molecule has 140 valence electrons. The molecule has 0 spiro atoms. The number of rotatable bonds is 6. The summed E-state index contributed by atoms with van der Waals surface area (Å²) < 4.78 is 37.1. The highest BCUT2D eigenvalue weighted by Crippen LogP contribution is 2.33. The molecule has 1 amide bonds. The van der Waals surface area contributed by atoms with Crippen LogP contribution in [0.3, 0.4) is 0 Å². The Bertz CT molecular complexity index is 791. The molecular weight excluding hydrogens is 340 g/mol. The van der Waals surface area contributed by atoms with Gasteiger partial charge in [0.05, 0.1) is 18.4 Å². The van der Waals surface area contributed by atoms with Crippen molar-refractivity contribution >= 4 is 11.8 Å². The van der Waals surface area contributed by atoms with Crippen molar-refractivity contribution in [3.8, 4) is 5.75 Å². The van der Waals surface area contributed by atoms with Gasteiger partial charge in [-0.05, 0) is 55.2 Å². The zero-order chi connectivity index (χ0) is 19.3. The highest BCUT2D eigenvalue weighted by Gasteiger charge is 2.17. The van der Waals surface area contributed by atoms with Gasteiger partial charge in [-0.15, -0.1) is 0 Å². The Kier molecular flexibility index (Phi) is 6.55. The van der Waals surface area contributed by atoms with Crippen LogP contribution < -0.4 is 10.1 Å². The van der Waals surface area contributed by atoms with Crippen molar-refractivity contribution in [2.75, 3.05) is 12.4 Å². The van der Waals surface area contributed by atoms with Gasteiger partial charge in [-0.3, -0.25) is 5.32 Å². The summed E-state index contributed by atoms with van der Waals surface area (Å²) in [6.07, 6.45) is -2.51. The van der Waals surface area contributed by atoms with E-state index >= 15 is 0 Å². The predicted molar refractivity (Wildman–Crippen MR) is 97.1 cm³/mol. The van der Waals surface area contributed by atoms with Crippen molar-refractivity contribution in [1.82, 2.24) is 0 Å². The van der Waals surface area contributed by atoms with Crippen LogP contribution in [0.4, 0.5) is 19.3 Å². The molecule has 0 aliphatic carbocycles. The molecule has 0 atom stereocenters. The smallest absolute Gasteiger partial charge is 0.411 e. The molecule has 0 bridgehead atoms. The Labute approximate surface area is 152 Å². The van der Waals surface area contributed by atoms with E-state index in [4.69, 9.17) is 4.74 Å². The highest BCUT2D eigenvalue weighted by atomic mass is 19.3. The number of hydrogen-bond acceptors (Lipinski definition) is 3. The number of hydrogen-bond donors (Lipinski definition) is 1. The van der Waals surface area contributed by atoms with Gasteiger partial charge in [0.1, 0.15) is 12.4 Å². The van der Waals surface area contributed by atoms with E-state index in [1.807, 2.05) is 26.0 Å². The average Bonchev–Trinajstić information content (AvgIpc) is 2.62. The predicted octanol–water partition coefficient (Wildman–Crippen LogP) is 5.56. The van der Waals surface area contributed by atoms with Gasteiger partial charge in [0.25, 0.3) is 6.43 Å². The Morgan fingerprint density at radius 1 is 1.19 bits per heavy atom. The number of halogens is 2. The Morgan fingerprint density at radius 3 is 2.50 bits per heavy atom. The molecule has 0 saturated heterocycles. The van der Waals surface area contributed by atoms with E-state index in [0.29, 0.717) is 12.1 Å². The van der Waals surface area contributed by atoms with Crippen LogP contribution in [0.1, 0.15) is 41.2 Å². The molecule has 2 aromatic carbocycles. The molecule has 4 nitrogen and oxygen atoms in total. The van der Waals surface area contributed by atoms with Crippen LogP contribution in [-0.2, 0) is 17.8 Å². The fourth-order valence-corrected chi connectivity index (χ4v) is 2.67. The number of carbonyl (C=O) groups is 1. The fourth-order valence-electron chi connectivity index (χ4n) is 2.67. The van der Waals surface area contributed by atoms with E-state index in [1.54, 1.807) is 19.1 Å². The molecular formula is C20H23F2NO3. The molecule has 0 radical (unpaired) electrons. The quantitative estimate of drug-likeness (QED) is 0.731. The summed E-state index contributed by atoms with van der Waals surface area (Å²) in [7, 11) is 1.28. The van der Waals surface area contributed by atoms with E-state index in [-0.39, 0.29) is 17.9 Å². The third-order valence-corrected chi connectivity index (χ3v) is 4.31. The molecule has 0 heterocycles. The minimum atomic E-state index is -2.63. The van der Waals surface area contributed by atoms with Crippen LogP contribution in [0.15, 0.2) is 30.3 Å². The van der Waals surface area contributed by atoms with Gasteiger partial charge in [0.15, 0.2) is 0 Å².